The van der Waals surface area contributed by atoms with E-state index in [9.17, 15) is 9.18 Å². The van der Waals surface area contributed by atoms with Gasteiger partial charge in [-0.15, -0.1) is 0 Å². The minimum absolute atomic E-state index is 0.205. The Balaban J connectivity index is 2.04. The molecule has 0 aromatic carbocycles. The Hall–Kier alpha value is -1.49. The summed E-state index contributed by atoms with van der Waals surface area (Å²) < 4.78 is 13.0. The molecule has 92 valence electrons. The summed E-state index contributed by atoms with van der Waals surface area (Å²) in [5.41, 5.74) is 0.664. The molecule has 17 heavy (non-hydrogen) atoms. The number of carboxylic acid groups (broad SMARTS) is 1. The molecule has 1 aliphatic rings. The number of pyridine rings is 1. The Labute approximate surface area is 98.9 Å². The molecule has 5 heteroatoms. The molecule has 2 atom stereocenters. The summed E-state index contributed by atoms with van der Waals surface area (Å²) in [5, 5.41) is 12.1. The van der Waals surface area contributed by atoms with Gasteiger partial charge >= 0.3 is 5.97 Å². The molecule has 0 aliphatic heterocycles. The summed E-state index contributed by atoms with van der Waals surface area (Å²) in [6.45, 7) is 1.81. The molecule has 1 saturated carbocycles. The lowest BCUT2D eigenvalue weighted by Crippen LogP contribution is -2.40. The second kappa shape index (κ2) is 4.79. The number of aliphatic carboxylic acids is 1. The van der Waals surface area contributed by atoms with Crippen molar-refractivity contribution in [3.8, 4) is 0 Å². The monoisotopic (exact) mass is 238 g/mol. The molecule has 0 amide bonds. The first kappa shape index (κ1) is 12.0. The van der Waals surface area contributed by atoms with Crippen LogP contribution in [0.5, 0.6) is 0 Å². The minimum Gasteiger partial charge on any atom is -0.480 e. The third-order valence-electron chi connectivity index (χ3n) is 3.02. The molecule has 1 aromatic heterocycles. The molecule has 1 aliphatic carbocycles. The molecule has 0 radical (unpaired) electrons. The normalized spacial score (nSPS) is 18.7. The zero-order chi connectivity index (χ0) is 12.4. The summed E-state index contributed by atoms with van der Waals surface area (Å²) in [4.78, 5) is 14.8. The molecule has 1 fully saturated rings. The van der Waals surface area contributed by atoms with Crippen LogP contribution >= 0.6 is 0 Å². The van der Waals surface area contributed by atoms with E-state index in [4.69, 9.17) is 5.11 Å². The Bertz CT molecular complexity index is 421. The molecule has 1 aromatic rings. The zero-order valence-corrected chi connectivity index (χ0v) is 9.56. The maximum Gasteiger partial charge on any atom is 0.320 e. The van der Waals surface area contributed by atoms with Crippen LogP contribution in [0.3, 0.4) is 0 Å². The number of carboxylic acids is 1. The first-order valence-corrected chi connectivity index (χ1v) is 5.67. The van der Waals surface area contributed by atoms with E-state index in [1.165, 1.54) is 6.07 Å². The second-order valence-corrected chi connectivity index (χ2v) is 4.48. The summed E-state index contributed by atoms with van der Waals surface area (Å²) in [5.74, 6) is -1.05. The Morgan fingerprint density at radius 3 is 2.82 bits per heavy atom. The predicted octanol–water partition coefficient (Wildman–Crippen LogP) is 1.73. The third kappa shape index (κ3) is 3.00. The van der Waals surface area contributed by atoms with Gasteiger partial charge in [-0.05, 0) is 37.3 Å². The van der Waals surface area contributed by atoms with Gasteiger partial charge in [-0.3, -0.25) is 15.1 Å². The van der Waals surface area contributed by atoms with Crippen molar-refractivity contribution < 1.29 is 14.3 Å². The molecule has 2 rings (SSSR count). The number of nitrogens with one attached hydrogen (secondary N) is 1. The maximum absolute atomic E-state index is 13.0. The van der Waals surface area contributed by atoms with E-state index in [0.29, 0.717) is 5.56 Å². The highest BCUT2D eigenvalue weighted by molar-refractivity contribution is 5.74. The highest BCUT2D eigenvalue weighted by atomic mass is 19.1. The van der Waals surface area contributed by atoms with Gasteiger partial charge in [-0.2, -0.15) is 0 Å². The fourth-order valence-corrected chi connectivity index (χ4v) is 1.87. The van der Waals surface area contributed by atoms with Crippen LogP contribution < -0.4 is 5.32 Å². The molecule has 2 N–H and O–H groups in total. The van der Waals surface area contributed by atoms with Crippen molar-refractivity contribution in [2.75, 3.05) is 0 Å². The van der Waals surface area contributed by atoms with E-state index in [2.05, 4.69) is 10.3 Å². The highest BCUT2D eigenvalue weighted by Crippen LogP contribution is 2.33. The van der Waals surface area contributed by atoms with E-state index in [1.54, 1.807) is 6.20 Å². The lowest BCUT2D eigenvalue weighted by Gasteiger charge is -2.19. The molecule has 4 nitrogen and oxygen atoms in total. The number of aromatic nitrogens is 1. The number of hydrogen-bond donors (Lipinski definition) is 2. The van der Waals surface area contributed by atoms with E-state index < -0.39 is 17.8 Å². The van der Waals surface area contributed by atoms with Crippen LogP contribution in [0.25, 0.3) is 0 Å². The molecule has 0 spiro atoms. The first-order valence-electron chi connectivity index (χ1n) is 5.67. The number of carbonyl (C=O) groups is 1. The van der Waals surface area contributed by atoms with Crippen LogP contribution in [0, 0.1) is 11.7 Å². The maximum atomic E-state index is 13.0. The molecule has 2 unspecified atom stereocenters. The van der Waals surface area contributed by atoms with Crippen LogP contribution in [-0.2, 0) is 4.79 Å². The van der Waals surface area contributed by atoms with E-state index in [0.717, 1.165) is 19.0 Å². The van der Waals surface area contributed by atoms with E-state index >= 15 is 0 Å². The fraction of sp³-hybridized carbons (Fsp3) is 0.500. The third-order valence-corrected chi connectivity index (χ3v) is 3.02. The first-order chi connectivity index (χ1) is 8.08. The van der Waals surface area contributed by atoms with E-state index in [-0.39, 0.29) is 12.0 Å². The summed E-state index contributed by atoms with van der Waals surface area (Å²) in [6.07, 6.45) is 4.56. The predicted molar refractivity (Wildman–Crippen MR) is 59.9 cm³/mol. The van der Waals surface area contributed by atoms with Crippen LogP contribution in [0.15, 0.2) is 18.5 Å². The topological polar surface area (TPSA) is 62.2 Å². The Morgan fingerprint density at radius 1 is 1.59 bits per heavy atom. The van der Waals surface area contributed by atoms with Gasteiger partial charge in [0.1, 0.15) is 11.9 Å². The van der Waals surface area contributed by atoms with Crippen molar-refractivity contribution in [2.45, 2.75) is 31.8 Å². The van der Waals surface area contributed by atoms with E-state index in [1.807, 2.05) is 6.92 Å². The van der Waals surface area contributed by atoms with Gasteiger partial charge in [0.05, 0.1) is 6.20 Å². The average Bonchev–Trinajstić information content (AvgIpc) is 3.09. The molecule has 1 heterocycles. The quantitative estimate of drug-likeness (QED) is 0.820. The number of rotatable bonds is 5. The lowest BCUT2D eigenvalue weighted by molar-refractivity contribution is -0.140. The Kier molecular flexibility index (Phi) is 3.38. The molecule has 0 saturated heterocycles. The van der Waals surface area contributed by atoms with Gasteiger partial charge in [0, 0.05) is 12.2 Å². The average molecular weight is 238 g/mol. The van der Waals surface area contributed by atoms with Crippen LogP contribution in [-0.4, -0.2) is 22.1 Å². The van der Waals surface area contributed by atoms with Crippen molar-refractivity contribution in [1.29, 1.82) is 0 Å². The number of nitrogens with zero attached hydrogens (tertiary/aromatic N) is 1. The second-order valence-electron chi connectivity index (χ2n) is 4.48. The molecule has 0 bridgehead atoms. The SMILES string of the molecule is CC(NC(C(=O)O)C1CC1)c1cncc(F)c1. The van der Waals surface area contributed by atoms with Gasteiger partial charge in [0.25, 0.3) is 0 Å². The minimum atomic E-state index is -0.844. The van der Waals surface area contributed by atoms with Crippen molar-refractivity contribution in [3.05, 3.63) is 29.8 Å². The van der Waals surface area contributed by atoms with Gasteiger partial charge in [-0.25, -0.2) is 4.39 Å². The number of hydrogen-bond acceptors (Lipinski definition) is 3. The van der Waals surface area contributed by atoms with Crippen molar-refractivity contribution in [1.82, 2.24) is 10.3 Å². The van der Waals surface area contributed by atoms with Crippen molar-refractivity contribution in [2.24, 2.45) is 5.92 Å². The van der Waals surface area contributed by atoms with Crippen LogP contribution in [0.1, 0.15) is 31.4 Å². The summed E-state index contributed by atoms with van der Waals surface area (Å²) in [7, 11) is 0. The van der Waals surface area contributed by atoms with Crippen molar-refractivity contribution in [3.63, 3.8) is 0 Å². The Morgan fingerprint density at radius 2 is 2.29 bits per heavy atom. The summed E-state index contributed by atoms with van der Waals surface area (Å²) >= 11 is 0. The standard InChI is InChI=1S/C12H15FN2O2/c1-7(9-4-10(13)6-14-5-9)15-11(12(16)17)8-2-3-8/h4-8,11,15H,2-3H2,1H3,(H,16,17). The lowest BCUT2D eigenvalue weighted by atomic mass is 10.1. The van der Waals surface area contributed by atoms with Gasteiger partial charge in [0.15, 0.2) is 0 Å². The van der Waals surface area contributed by atoms with Crippen molar-refractivity contribution >= 4 is 5.97 Å². The van der Waals surface area contributed by atoms with Crippen LogP contribution in [0.2, 0.25) is 0 Å². The largest absolute Gasteiger partial charge is 0.480 e. The summed E-state index contributed by atoms with van der Waals surface area (Å²) in [6, 6.07) is 0.601. The highest BCUT2D eigenvalue weighted by Gasteiger charge is 2.36. The van der Waals surface area contributed by atoms with Crippen LogP contribution in [0.4, 0.5) is 4.39 Å². The molecular formula is C12H15FN2O2. The van der Waals surface area contributed by atoms with Gasteiger partial charge in [0.2, 0.25) is 0 Å². The van der Waals surface area contributed by atoms with Gasteiger partial charge < -0.3 is 5.11 Å². The molecular weight excluding hydrogens is 223 g/mol. The number of halogens is 1. The fourth-order valence-electron chi connectivity index (χ4n) is 1.87. The van der Waals surface area contributed by atoms with Gasteiger partial charge in [-0.1, -0.05) is 0 Å². The smallest absolute Gasteiger partial charge is 0.320 e. The zero-order valence-electron chi connectivity index (χ0n) is 9.56.